The summed E-state index contributed by atoms with van der Waals surface area (Å²) < 4.78 is 1.12. The molecule has 1 heterocycles. The minimum absolute atomic E-state index is 0.0269. The quantitative estimate of drug-likeness (QED) is 0.778. The number of hydrogen-bond donors (Lipinski definition) is 1. The molecule has 3 rings (SSSR count). The molecule has 0 aliphatic heterocycles. The summed E-state index contributed by atoms with van der Waals surface area (Å²) in [5.74, 6) is -0.0269. The van der Waals surface area contributed by atoms with Crippen LogP contribution in [0.2, 0.25) is 0 Å². The third-order valence-electron chi connectivity index (χ3n) is 3.62. The van der Waals surface area contributed by atoms with Crippen LogP contribution in [-0.2, 0) is 17.6 Å². The number of amides is 1. The van der Waals surface area contributed by atoms with Crippen LogP contribution in [0, 0.1) is 6.92 Å². The highest BCUT2D eigenvalue weighted by Gasteiger charge is 2.10. The van der Waals surface area contributed by atoms with Crippen molar-refractivity contribution in [3.05, 3.63) is 59.2 Å². The minimum Gasteiger partial charge on any atom is -0.302 e. The Morgan fingerprint density at radius 3 is 2.68 bits per heavy atom. The Bertz CT molecular complexity index is 806. The van der Waals surface area contributed by atoms with Gasteiger partial charge in [-0.05, 0) is 30.5 Å². The number of aryl methyl sites for hydroxylation is 2. The van der Waals surface area contributed by atoms with Crippen molar-refractivity contribution in [2.24, 2.45) is 0 Å². The number of thiazole rings is 1. The molecule has 0 radical (unpaired) electrons. The third kappa shape index (κ3) is 3.17. The van der Waals surface area contributed by atoms with E-state index in [0.29, 0.717) is 11.6 Å². The molecule has 0 unspecified atom stereocenters. The molecule has 0 spiro atoms. The molecule has 22 heavy (non-hydrogen) atoms. The largest absolute Gasteiger partial charge is 0.302 e. The lowest BCUT2D eigenvalue weighted by atomic mass is 10.1. The Morgan fingerprint density at radius 1 is 1.18 bits per heavy atom. The Kier molecular flexibility index (Phi) is 4.20. The fraction of sp³-hybridized carbons (Fsp3) is 0.222. The number of carbonyl (C=O) groups excluding carboxylic acids is 1. The molecule has 0 fully saturated rings. The number of rotatable bonds is 4. The van der Waals surface area contributed by atoms with Gasteiger partial charge < -0.3 is 5.32 Å². The second-order valence-electron chi connectivity index (χ2n) is 5.35. The minimum atomic E-state index is -0.0269. The average Bonchev–Trinajstić information content (AvgIpc) is 2.91. The molecule has 0 aliphatic carbocycles. The summed E-state index contributed by atoms with van der Waals surface area (Å²) in [6, 6.07) is 14.2. The zero-order valence-electron chi connectivity index (χ0n) is 12.7. The summed E-state index contributed by atoms with van der Waals surface area (Å²) in [5, 5.41) is 3.59. The van der Waals surface area contributed by atoms with Crippen molar-refractivity contribution < 1.29 is 4.79 Å². The van der Waals surface area contributed by atoms with E-state index in [9.17, 15) is 4.79 Å². The summed E-state index contributed by atoms with van der Waals surface area (Å²) in [6.07, 6.45) is 1.31. The van der Waals surface area contributed by atoms with Crippen LogP contribution in [0.3, 0.4) is 0 Å². The van der Waals surface area contributed by atoms with Gasteiger partial charge in [-0.2, -0.15) is 0 Å². The summed E-state index contributed by atoms with van der Waals surface area (Å²) in [7, 11) is 0. The summed E-state index contributed by atoms with van der Waals surface area (Å²) in [4.78, 5) is 16.7. The number of hydrogen-bond acceptors (Lipinski definition) is 3. The molecule has 0 saturated heterocycles. The van der Waals surface area contributed by atoms with Crippen molar-refractivity contribution in [2.75, 3.05) is 5.32 Å². The van der Waals surface area contributed by atoms with Gasteiger partial charge in [-0.1, -0.05) is 60.2 Å². The summed E-state index contributed by atoms with van der Waals surface area (Å²) in [5.41, 5.74) is 4.43. The maximum Gasteiger partial charge on any atom is 0.230 e. The molecule has 0 bridgehead atoms. The smallest absolute Gasteiger partial charge is 0.230 e. The van der Waals surface area contributed by atoms with Gasteiger partial charge in [0.05, 0.1) is 16.6 Å². The summed E-state index contributed by atoms with van der Waals surface area (Å²) >= 11 is 1.53. The normalized spacial score (nSPS) is 10.8. The predicted octanol–water partition coefficient (Wildman–Crippen LogP) is 4.35. The SMILES string of the molecule is CCc1cccc2sc(NC(=O)Cc3ccc(C)cc3)nc12. The number of anilines is 1. The van der Waals surface area contributed by atoms with Crippen LogP contribution in [0.5, 0.6) is 0 Å². The number of para-hydroxylation sites is 1. The van der Waals surface area contributed by atoms with E-state index >= 15 is 0 Å². The fourth-order valence-corrected chi connectivity index (χ4v) is 3.33. The van der Waals surface area contributed by atoms with Crippen LogP contribution in [-0.4, -0.2) is 10.9 Å². The summed E-state index contributed by atoms with van der Waals surface area (Å²) in [6.45, 7) is 4.15. The van der Waals surface area contributed by atoms with Crippen molar-refractivity contribution in [3.63, 3.8) is 0 Å². The van der Waals surface area contributed by atoms with E-state index in [2.05, 4.69) is 23.3 Å². The zero-order chi connectivity index (χ0) is 15.5. The molecule has 1 amide bonds. The lowest BCUT2D eigenvalue weighted by molar-refractivity contribution is -0.115. The van der Waals surface area contributed by atoms with Crippen LogP contribution in [0.25, 0.3) is 10.2 Å². The van der Waals surface area contributed by atoms with Gasteiger partial charge in [-0.25, -0.2) is 4.98 Å². The van der Waals surface area contributed by atoms with E-state index in [1.807, 2.05) is 43.3 Å². The van der Waals surface area contributed by atoms with E-state index in [-0.39, 0.29) is 5.91 Å². The van der Waals surface area contributed by atoms with Gasteiger partial charge in [-0.15, -0.1) is 0 Å². The van der Waals surface area contributed by atoms with Crippen LogP contribution in [0.15, 0.2) is 42.5 Å². The standard InChI is InChI=1S/C18H18N2OS/c1-3-14-5-4-6-15-17(14)20-18(22-15)19-16(21)11-13-9-7-12(2)8-10-13/h4-10H,3,11H2,1-2H3,(H,19,20,21). The van der Waals surface area contributed by atoms with Crippen LogP contribution in [0.1, 0.15) is 23.6 Å². The molecular weight excluding hydrogens is 292 g/mol. The highest BCUT2D eigenvalue weighted by molar-refractivity contribution is 7.22. The predicted molar refractivity (Wildman–Crippen MR) is 92.5 cm³/mol. The van der Waals surface area contributed by atoms with Crippen molar-refractivity contribution in [3.8, 4) is 0 Å². The van der Waals surface area contributed by atoms with Crippen LogP contribution >= 0.6 is 11.3 Å². The number of benzene rings is 2. The number of nitrogens with one attached hydrogen (secondary N) is 1. The van der Waals surface area contributed by atoms with Gasteiger partial charge in [0.1, 0.15) is 0 Å². The molecule has 1 aromatic heterocycles. The topological polar surface area (TPSA) is 42.0 Å². The fourth-order valence-electron chi connectivity index (χ4n) is 2.40. The van der Waals surface area contributed by atoms with Crippen molar-refractivity contribution >= 4 is 32.6 Å². The number of nitrogens with zero attached hydrogens (tertiary/aromatic N) is 1. The van der Waals surface area contributed by atoms with E-state index < -0.39 is 0 Å². The monoisotopic (exact) mass is 310 g/mol. The molecule has 4 heteroatoms. The zero-order valence-corrected chi connectivity index (χ0v) is 13.5. The second-order valence-corrected chi connectivity index (χ2v) is 6.38. The molecule has 2 aromatic carbocycles. The first-order valence-corrected chi connectivity index (χ1v) is 8.21. The number of carbonyl (C=O) groups is 1. The Hall–Kier alpha value is -2.20. The first kappa shape index (κ1) is 14.7. The van der Waals surface area contributed by atoms with E-state index in [4.69, 9.17) is 0 Å². The van der Waals surface area contributed by atoms with Gasteiger partial charge >= 0.3 is 0 Å². The van der Waals surface area contributed by atoms with Crippen molar-refractivity contribution in [1.82, 2.24) is 4.98 Å². The van der Waals surface area contributed by atoms with Gasteiger partial charge in [0.2, 0.25) is 5.91 Å². The average molecular weight is 310 g/mol. The molecule has 0 aliphatic rings. The Morgan fingerprint density at radius 2 is 1.95 bits per heavy atom. The lowest BCUT2D eigenvalue weighted by Gasteiger charge is -2.02. The van der Waals surface area contributed by atoms with E-state index in [0.717, 1.165) is 22.2 Å². The van der Waals surface area contributed by atoms with Crippen LogP contribution in [0.4, 0.5) is 5.13 Å². The molecule has 0 saturated carbocycles. The molecule has 1 N–H and O–H groups in total. The molecular formula is C18H18N2OS. The third-order valence-corrected chi connectivity index (χ3v) is 4.55. The Labute approximate surface area is 134 Å². The maximum absolute atomic E-state index is 12.2. The molecule has 3 nitrogen and oxygen atoms in total. The van der Waals surface area contributed by atoms with E-state index in [1.165, 1.54) is 22.5 Å². The second kappa shape index (κ2) is 6.28. The highest BCUT2D eigenvalue weighted by Crippen LogP contribution is 2.28. The van der Waals surface area contributed by atoms with Crippen molar-refractivity contribution in [2.45, 2.75) is 26.7 Å². The Balaban J connectivity index is 1.75. The maximum atomic E-state index is 12.2. The molecule has 112 valence electrons. The van der Waals surface area contributed by atoms with Crippen LogP contribution < -0.4 is 5.32 Å². The van der Waals surface area contributed by atoms with Gasteiger partial charge in [0.25, 0.3) is 0 Å². The highest BCUT2D eigenvalue weighted by atomic mass is 32.1. The number of fused-ring (bicyclic) bond motifs is 1. The van der Waals surface area contributed by atoms with E-state index in [1.54, 1.807) is 0 Å². The van der Waals surface area contributed by atoms with Crippen molar-refractivity contribution in [1.29, 1.82) is 0 Å². The number of aromatic nitrogens is 1. The van der Waals surface area contributed by atoms with Gasteiger partial charge in [-0.3, -0.25) is 4.79 Å². The lowest BCUT2D eigenvalue weighted by Crippen LogP contribution is -2.14. The molecule has 0 atom stereocenters. The van der Waals surface area contributed by atoms with Gasteiger partial charge in [0.15, 0.2) is 5.13 Å². The first-order chi connectivity index (χ1) is 10.7. The van der Waals surface area contributed by atoms with Gasteiger partial charge in [0, 0.05) is 0 Å². The first-order valence-electron chi connectivity index (χ1n) is 7.39. The molecule has 3 aromatic rings.